The van der Waals surface area contributed by atoms with Gasteiger partial charge < -0.3 is 15.4 Å². The Kier molecular flexibility index (Phi) is 3.55. The first-order valence-corrected chi connectivity index (χ1v) is 7.64. The van der Waals surface area contributed by atoms with Crippen molar-refractivity contribution in [3.8, 4) is 17.1 Å². The monoisotopic (exact) mass is 310 g/mol. The Morgan fingerprint density at radius 1 is 1.35 bits per heavy atom. The van der Waals surface area contributed by atoms with Crippen molar-refractivity contribution in [2.45, 2.75) is 12.5 Å². The van der Waals surface area contributed by atoms with E-state index in [9.17, 15) is 0 Å². The van der Waals surface area contributed by atoms with Crippen LogP contribution in [0.25, 0.3) is 17.0 Å². The van der Waals surface area contributed by atoms with E-state index in [1.54, 1.807) is 25.7 Å². The second-order valence-electron chi connectivity index (χ2n) is 5.56. The number of nitrogens with zero attached hydrogens (tertiary/aromatic N) is 4. The van der Waals surface area contributed by atoms with Crippen molar-refractivity contribution in [1.29, 1.82) is 0 Å². The number of hydrogen-bond acceptors (Lipinski definition) is 6. The van der Waals surface area contributed by atoms with Crippen LogP contribution in [-0.4, -0.2) is 45.6 Å². The van der Waals surface area contributed by atoms with Crippen LogP contribution in [0, 0.1) is 0 Å². The first kappa shape index (κ1) is 14.0. The van der Waals surface area contributed by atoms with Gasteiger partial charge >= 0.3 is 0 Å². The van der Waals surface area contributed by atoms with E-state index in [2.05, 4.69) is 25.6 Å². The van der Waals surface area contributed by atoms with Crippen LogP contribution in [-0.2, 0) is 0 Å². The molecule has 0 bridgehead atoms. The van der Waals surface area contributed by atoms with E-state index in [0.29, 0.717) is 6.04 Å². The van der Waals surface area contributed by atoms with Gasteiger partial charge in [0.25, 0.3) is 0 Å². The Bertz CT molecular complexity index is 824. The number of fused-ring (bicyclic) bond motifs is 1. The number of hydrogen-bond donors (Lipinski definition) is 2. The van der Waals surface area contributed by atoms with Gasteiger partial charge in [0.05, 0.1) is 31.4 Å². The number of rotatable bonds is 4. The molecule has 0 saturated carbocycles. The summed E-state index contributed by atoms with van der Waals surface area (Å²) in [7, 11) is 1.65. The van der Waals surface area contributed by atoms with E-state index < -0.39 is 0 Å². The van der Waals surface area contributed by atoms with Gasteiger partial charge in [0, 0.05) is 24.8 Å². The van der Waals surface area contributed by atoms with Crippen LogP contribution in [0.4, 0.5) is 5.82 Å². The van der Waals surface area contributed by atoms with E-state index in [1.807, 2.05) is 22.7 Å². The molecule has 0 aromatic carbocycles. The van der Waals surface area contributed by atoms with E-state index >= 15 is 0 Å². The molecule has 118 valence electrons. The Morgan fingerprint density at radius 2 is 2.30 bits per heavy atom. The minimum atomic E-state index is 0.408. The summed E-state index contributed by atoms with van der Waals surface area (Å²) >= 11 is 0. The van der Waals surface area contributed by atoms with Crippen molar-refractivity contribution in [3.63, 3.8) is 0 Å². The van der Waals surface area contributed by atoms with Gasteiger partial charge in [-0.25, -0.2) is 9.97 Å². The van der Waals surface area contributed by atoms with Gasteiger partial charge in [0.1, 0.15) is 22.9 Å². The number of ether oxygens (including phenoxy) is 1. The Morgan fingerprint density at radius 3 is 3.13 bits per heavy atom. The Labute approximate surface area is 133 Å². The van der Waals surface area contributed by atoms with Gasteiger partial charge in [-0.3, -0.25) is 9.38 Å². The highest BCUT2D eigenvalue weighted by Gasteiger charge is 2.15. The number of nitrogens with one attached hydrogen (secondary N) is 2. The number of anilines is 1. The van der Waals surface area contributed by atoms with Crippen molar-refractivity contribution < 1.29 is 4.74 Å². The van der Waals surface area contributed by atoms with Gasteiger partial charge in [-0.1, -0.05) is 0 Å². The van der Waals surface area contributed by atoms with Crippen LogP contribution in [0.2, 0.25) is 0 Å². The lowest BCUT2D eigenvalue weighted by atomic mass is 10.2. The zero-order chi connectivity index (χ0) is 15.6. The van der Waals surface area contributed by atoms with Crippen LogP contribution in [0.5, 0.6) is 5.75 Å². The van der Waals surface area contributed by atoms with Crippen LogP contribution >= 0.6 is 0 Å². The molecule has 2 N–H and O–H groups in total. The number of aromatic nitrogens is 4. The smallest absolute Gasteiger partial charge is 0.145 e. The molecule has 0 aliphatic carbocycles. The van der Waals surface area contributed by atoms with Crippen LogP contribution < -0.4 is 15.4 Å². The van der Waals surface area contributed by atoms with Gasteiger partial charge in [-0.2, -0.15) is 0 Å². The van der Waals surface area contributed by atoms with E-state index in [-0.39, 0.29) is 0 Å². The largest absolute Gasteiger partial charge is 0.497 e. The van der Waals surface area contributed by atoms with Crippen molar-refractivity contribution in [2.75, 3.05) is 25.5 Å². The molecule has 0 amide bonds. The second kappa shape index (κ2) is 5.85. The Hall–Kier alpha value is -2.67. The fraction of sp³-hybridized carbons (Fsp3) is 0.312. The van der Waals surface area contributed by atoms with E-state index in [1.165, 1.54) is 0 Å². The molecule has 7 nitrogen and oxygen atoms in total. The molecule has 4 heterocycles. The fourth-order valence-electron chi connectivity index (χ4n) is 2.82. The minimum absolute atomic E-state index is 0.408. The summed E-state index contributed by atoms with van der Waals surface area (Å²) in [6.07, 6.45) is 8.35. The average Bonchev–Trinajstić information content (AvgIpc) is 3.23. The van der Waals surface area contributed by atoms with Crippen LogP contribution in [0.1, 0.15) is 6.42 Å². The third kappa shape index (κ3) is 2.70. The molecule has 3 aromatic rings. The summed E-state index contributed by atoms with van der Waals surface area (Å²) in [6, 6.07) is 4.20. The lowest BCUT2D eigenvalue weighted by Gasteiger charge is -2.12. The van der Waals surface area contributed by atoms with Gasteiger partial charge in [0.15, 0.2) is 0 Å². The standard InChI is InChI=1S/C16H18N6O/c1-23-12-3-5-22-14(9-19-16(22)6-12)13-8-18-10-15(21-13)20-11-2-4-17-7-11/h3,5-6,8-11,17H,2,4,7H2,1H3,(H,20,21). The summed E-state index contributed by atoms with van der Waals surface area (Å²) in [5.74, 6) is 1.57. The van der Waals surface area contributed by atoms with Gasteiger partial charge in [0.2, 0.25) is 0 Å². The van der Waals surface area contributed by atoms with Gasteiger partial charge in [-0.15, -0.1) is 0 Å². The lowest BCUT2D eigenvalue weighted by molar-refractivity contribution is 0.414. The molecule has 0 radical (unpaired) electrons. The molecule has 1 unspecified atom stereocenters. The number of pyridine rings is 1. The molecule has 3 aromatic heterocycles. The second-order valence-corrected chi connectivity index (χ2v) is 5.56. The first-order chi connectivity index (χ1) is 11.3. The van der Waals surface area contributed by atoms with Crippen molar-refractivity contribution in [3.05, 3.63) is 36.9 Å². The van der Waals surface area contributed by atoms with Crippen LogP contribution in [0.15, 0.2) is 36.9 Å². The molecule has 1 saturated heterocycles. The molecule has 0 spiro atoms. The predicted octanol–water partition coefficient (Wildman–Crippen LogP) is 1.57. The molecule has 1 aliphatic heterocycles. The molecule has 1 fully saturated rings. The predicted molar refractivity (Wildman–Crippen MR) is 87.7 cm³/mol. The maximum atomic E-state index is 5.23. The highest BCUT2D eigenvalue weighted by Crippen LogP contribution is 2.22. The zero-order valence-corrected chi connectivity index (χ0v) is 12.9. The summed E-state index contributed by atoms with van der Waals surface area (Å²) in [4.78, 5) is 13.4. The molecular formula is C16H18N6O. The molecule has 23 heavy (non-hydrogen) atoms. The minimum Gasteiger partial charge on any atom is -0.497 e. The third-order valence-electron chi connectivity index (χ3n) is 4.03. The lowest BCUT2D eigenvalue weighted by Crippen LogP contribution is -2.22. The number of methoxy groups -OCH3 is 1. The maximum Gasteiger partial charge on any atom is 0.145 e. The fourth-order valence-corrected chi connectivity index (χ4v) is 2.82. The van der Waals surface area contributed by atoms with Gasteiger partial charge in [-0.05, 0) is 19.0 Å². The SMILES string of the molecule is COc1ccn2c(-c3cncc(NC4CCNC4)n3)cnc2c1. The van der Waals surface area contributed by atoms with Crippen molar-refractivity contribution >= 4 is 11.5 Å². The molecular weight excluding hydrogens is 292 g/mol. The quantitative estimate of drug-likeness (QED) is 0.762. The summed E-state index contributed by atoms with van der Waals surface area (Å²) in [5, 5.41) is 6.76. The summed E-state index contributed by atoms with van der Waals surface area (Å²) in [6.45, 7) is 2.00. The highest BCUT2D eigenvalue weighted by atomic mass is 16.5. The average molecular weight is 310 g/mol. The normalized spacial score (nSPS) is 17.5. The van der Waals surface area contributed by atoms with E-state index in [0.717, 1.165) is 48.1 Å². The van der Waals surface area contributed by atoms with Crippen LogP contribution in [0.3, 0.4) is 0 Å². The topological polar surface area (TPSA) is 76.4 Å². The maximum absolute atomic E-state index is 5.23. The molecule has 1 aliphatic rings. The number of imidazole rings is 1. The molecule has 7 heteroatoms. The zero-order valence-electron chi connectivity index (χ0n) is 12.9. The van der Waals surface area contributed by atoms with Crippen molar-refractivity contribution in [1.82, 2.24) is 24.7 Å². The molecule has 1 atom stereocenters. The molecule has 4 rings (SSSR count). The summed E-state index contributed by atoms with van der Waals surface area (Å²) in [5.41, 5.74) is 2.52. The third-order valence-corrected chi connectivity index (χ3v) is 4.03. The highest BCUT2D eigenvalue weighted by molar-refractivity contribution is 5.61. The first-order valence-electron chi connectivity index (χ1n) is 7.64. The summed E-state index contributed by atoms with van der Waals surface area (Å²) < 4.78 is 7.21. The van der Waals surface area contributed by atoms with E-state index in [4.69, 9.17) is 4.74 Å². The Balaban J connectivity index is 1.67. The van der Waals surface area contributed by atoms with Crippen molar-refractivity contribution in [2.24, 2.45) is 0 Å².